The molecule has 44 heavy (non-hydrogen) atoms. The summed E-state index contributed by atoms with van der Waals surface area (Å²) >= 11 is 0. The van der Waals surface area contributed by atoms with Crippen LogP contribution in [0.2, 0.25) is 0 Å². The SMILES string of the molecule is CC(N)C(=O)N1CCCC1.CCC(=O)NC(C)C(=O)NC(C)C(=O)NC1OC(CO)C(O)C(O)C1O.CNC(C)C(=O)O.N. The van der Waals surface area contributed by atoms with Crippen molar-refractivity contribution >= 4 is 29.6 Å². The Hall–Kier alpha value is -2.97. The van der Waals surface area contributed by atoms with Crippen LogP contribution in [0.5, 0.6) is 0 Å². The molecule has 0 aromatic carbocycles. The lowest BCUT2D eigenvalue weighted by Crippen LogP contribution is -2.64. The summed E-state index contributed by atoms with van der Waals surface area (Å²) in [6.07, 6.45) is -4.84. The highest BCUT2D eigenvalue weighted by Gasteiger charge is 2.44. The van der Waals surface area contributed by atoms with Gasteiger partial charge >= 0.3 is 5.97 Å². The Morgan fingerprint density at radius 3 is 1.82 bits per heavy atom. The van der Waals surface area contributed by atoms with Crippen molar-refractivity contribution < 1.29 is 54.2 Å². The third-order valence-electron chi connectivity index (χ3n) is 6.63. The average Bonchev–Trinajstić information content (AvgIpc) is 3.51. The van der Waals surface area contributed by atoms with Gasteiger partial charge in [-0.2, -0.15) is 0 Å². The first-order chi connectivity index (χ1) is 20.0. The van der Waals surface area contributed by atoms with Crippen molar-refractivity contribution in [1.29, 1.82) is 0 Å². The molecule has 0 bridgehead atoms. The molecule has 0 aliphatic carbocycles. The Bertz CT molecular complexity index is 904. The summed E-state index contributed by atoms with van der Waals surface area (Å²) in [5, 5.41) is 56.2. The van der Waals surface area contributed by atoms with E-state index in [1.807, 2.05) is 4.90 Å². The van der Waals surface area contributed by atoms with Gasteiger partial charge in [0.25, 0.3) is 0 Å². The molecule has 14 N–H and O–H groups in total. The van der Waals surface area contributed by atoms with E-state index < -0.39 is 73.2 Å². The van der Waals surface area contributed by atoms with Crippen molar-refractivity contribution in [2.45, 2.75) is 109 Å². The number of aliphatic hydroxyl groups excluding tert-OH is 4. The second-order valence-electron chi connectivity index (χ2n) is 10.3. The lowest BCUT2D eigenvalue weighted by atomic mass is 9.98. The number of likely N-dealkylation sites (tertiary alicyclic amines) is 1. The third-order valence-corrected chi connectivity index (χ3v) is 6.63. The maximum atomic E-state index is 12.2. The van der Waals surface area contributed by atoms with Gasteiger partial charge in [0.15, 0.2) is 6.23 Å². The van der Waals surface area contributed by atoms with Crippen LogP contribution in [0.1, 0.15) is 53.9 Å². The molecule has 2 aliphatic heterocycles. The van der Waals surface area contributed by atoms with Crippen molar-refractivity contribution in [2.75, 3.05) is 26.7 Å². The van der Waals surface area contributed by atoms with Gasteiger partial charge < -0.3 is 68.3 Å². The van der Waals surface area contributed by atoms with Crippen LogP contribution in [0.25, 0.3) is 0 Å². The van der Waals surface area contributed by atoms with E-state index in [4.69, 9.17) is 20.7 Å². The van der Waals surface area contributed by atoms with Gasteiger partial charge in [-0.15, -0.1) is 0 Å². The van der Waals surface area contributed by atoms with E-state index in [0.717, 1.165) is 25.9 Å². The summed E-state index contributed by atoms with van der Waals surface area (Å²) in [6.45, 7) is 8.98. The number of carboxylic acids is 1. The van der Waals surface area contributed by atoms with Crippen LogP contribution in [0.3, 0.4) is 0 Å². The number of nitrogens with zero attached hydrogens (tertiary/aromatic N) is 1. The number of likely N-dealkylation sites (N-methyl/N-ethyl adjacent to an activating group) is 1. The molecule has 2 fully saturated rings. The number of rotatable bonds is 10. The molecule has 0 spiro atoms. The molecule has 2 saturated heterocycles. The van der Waals surface area contributed by atoms with Crippen LogP contribution in [0.4, 0.5) is 0 Å². The number of carbonyl (C=O) groups is 5. The van der Waals surface area contributed by atoms with Crippen LogP contribution in [-0.4, -0.2) is 142 Å². The molecule has 0 saturated carbocycles. The van der Waals surface area contributed by atoms with E-state index in [-0.39, 0.29) is 30.4 Å². The largest absolute Gasteiger partial charge is 0.480 e. The predicted molar refractivity (Wildman–Crippen MR) is 158 cm³/mol. The first-order valence-corrected chi connectivity index (χ1v) is 14.2. The molecule has 0 aromatic rings. The normalized spacial score (nSPS) is 25.2. The summed E-state index contributed by atoms with van der Waals surface area (Å²) < 4.78 is 5.16. The van der Waals surface area contributed by atoms with E-state index in [1.54, 1.807) is 27.8 Å². The molecule has 18 nitrogen and oxygen atoms in total. The number of nitrogens with one attached hydrogen (secondary N) is 4. The van der Waals surface area contributed by atoms with Gasteiger partial charge in [0, 0.05) is 19.5 Å². The number of amides is 4. The average molecular weight is 640 g/mol. The molecule has 9 unspecified atom stereocenters. The number of carbonyl (C=O) groups excluding carboxylic acids is 4. The first-order valence-electron chi connectivity index (χ1n) is 14.2. The van der Waals surface area contributed by atoms with Crippen molar-refractivity contribution in [3.63, 3.8) is 0 Å². The van der Waals surface area contributed by atoms with Crippen LogP contribution in [-0.2, 0) is 28.7 Å². The highest BCUT2D eigenvalue weighted by Crippen LogP contribution is 2.19. The number of nitrogens with two attached hydrogens (primary N) is 1. The standard InChI is InChI=1S/C15H27N3O8.C7H14N2O.C4H9NO2.H3N/c1-4-9(20)16-6(2)13(24)17-7(3)14(25)18-15-12(23)11(22)10(21)8(5-19)26-15;1-6(8)7(10)9-4-2-3-5-9;1-3(5-2)4(6)7;/h6-8,10-12,15,19,21-23H,4-5H2,1-3H3,(H,16,20)(H,17,24)(H,18,25);6H,2-5,8H2,1H3;3,5H,1-2H3,(H,6,7);1H3. The monoisotopic (exact) mass is 639 g/mol. The summed E-state index contributed by atoms with van der Waals surface area (Å²) in [5.74, 6) is -2.34. The van der Waals surface area contributed by atoms with Crippen LogP contribution >= 0.6 is 0 Å². The van der Waals surface area contributed by atoms with Gasteiger partial charge in [0.1, 0.15) is 42.5 Å². The van der Waals surface area contributed by atoms with E-state index in [2.05, 4.69) is 21.3 Å². The predicted octanol–water partition coefficient (Wildman–Crippen LogP) is -3.88. The molecule has 4 amide bonds. The lowest BCUT2D eigenvalue weighted by molar-refractivity contribution is -0.236. The van der Waals surface area contributed by atoms with Crippen molar-refractivity contribution in [2.24, 2.45) is 5.73 Å². The molecule has 18 heteroatoms. The zero-order valence-electron chi connectivity index (χ0n) is 26.4. The molecule has 2 rings (SSSR count). The van der Waals surface area contributed by atoms with Gasteiger partial charge in [-0.05, 0) is 47.6 Å². The Labute approximate surface area is 257 Å². The fourth-order valence-corrected chi connectivity index (χ4v) is 3.65. The van der Waals surface area contributed by atoms with Crippen LogP contribution in [0.15, 0.2) is 0 Å². The summed E-state index contributed by atoms with van der Waals surface area (Å²) in [6, 6.07) is -2.63. The summed E-state index contributed by atoms with van der Waals surface area (Å²) in [7, 11) is 1.61. The minimum atomic E-state index is -1.62. The fourth-order valence-electron chi connectivity index (χ4n) is 3.65. The zero-order chi connectivity index (χ0) is 33.4. The number of hydrogen-bond acceptors (Lipinski definition) is 13. The van der Waals surface area contributed by atoms with E-state index in [1.165, 1.54) is 13.8 Å². The smallest absolute Gasteiger partial charge is 0.320 e. The van der Waals surface area contributed by atoms with Gasteiger partial charge in [-0.25, -0.2) is 0 Å². The number of aliphatic hydroxyl groups is 4. The molecule has 0 radical (unpaired) electrons. The molecule has 2 aliphatic rings. The number of ether oxygens (including phenoxy) is 1. The molecule has 258 valence electrons. The van der Waals surface area contributed by atoms with E-state index in [9.17, 15) is 39.3 Å². The Morgan fingerprint density at radius 1 is 0.886 bits per heavy atom. The Morgan fingerprint density at radius 2 is 1.41 bits per heavy atom. The second kappa shape index (κ2) is 21.7. The second-order valence-corrected chi connectivity index (χ2v) is 10.3. The van der Waals surface area contributed by atoms with E-state index in [0.29, 0.717) is 0 Å². The van der Waals surface area contributed by atoms with Gasteiger partial charge in [-0.1, -0.05) is 6.92 Å². The molecule has 9 atom stereocenters. The first kappa shape index (κ1) is 43.2. The number of aliphatic carboxylic acids is 1. The lowest BCUT2D eigenvalue weighted by Gasteiger charge is -2.40. The summed E-state index contributed by atoms with van der Waals surface area (Å²) in [5.41, 5.74) is 5.42. The van der Waals surface area contributed by atoms with Crippen molar-refractivity contribution in [3.8, 4) is 0 Å². The van der Waals surface area contributed by atoms with Crippen LogP contribution in [0, 0.1) is 0 Å². The molecular weight excluding hydrogens is 586 g/mol. The molecular formula is C26H53N7O11. The molecule has 2 heterocycles. The number of hydrogen-bond donors (Lipinski definition) is 11. The van der Waals surface area contributed by atoms with Gasteiger partial charge in [0.2, 0.25) is 23.6 Å². The van der Waals surface area contributed by atoms with Crippen LogP contribution < -0.4 is 33.2 Å². The highest BCUT2D eigenvalue weighted by atomic mass is 16.6. The van der Waals surface area contributed by atoms with E-state index >= 15 is 0 Å². The maximum Gasteiger partial charge on any atom is 0.320 e. The quantitative estimate of drug-likeness (QED) is 0.109. The maximum absolute atomic E-state index is 12.2. The Balaban J connectivity index is 0. The number of carboxylic acid groups (broad SMARTS) is 1. The van der Waals surface area contributed by atoms with Gasteiger partial charge in [0.05, 0.1) is 12.6 Å². The fraction of sp³-hybridized carbons (Fsp3) is 0.808. The summed E-state index contributed by atoms with van der Waals surface area (Å²) in [4.78, 5) is 58.3. The molecule has 0 aromatic heterocycles. The minimum Gasteiger partial charge on any atom is -0.480 e. The van der Waals surface area contributed by atoms with Gasteiger partial charge in [-0.3, -0.25) is 24.0 Å². The highest BCUT2D eigenvalue weighted by molar-refractivity contribution is 5.91. The topological polar surface area (TPSA) is 308 Å². The van der Waals surface area contributed by atoms with Crippen molar-refractivity contribution in [1.82, 2.24) is 32.3 Å². The Kier molecular flexibility index (Phi) is 21.3. The minimum absolute atomic E-state index is 0. The third kappa shape index (κ3) is 14.7. The zero-order valence-corrected chi connectivity index (χ0v) is 26.4. The van der Waals surface area contributed by atoms with Crippen molar-refractivity contribution in [3.05, 3.63) is 0 Å².